The van der Waals surface area contributed by atoms with Crippen LogP contribution in [-0.4, -0.2) is 0 Å². The van der Waals surface area contributed by atoms with Crippen molar-refractivity contribution in [1.29, 1.82) is 0 Å². The molecule has 0 aromatic heterocycles. The largest absolute Gasteiger partial charge is 0.0757 e. The van der Waals surface area contributed by atoms with Crippen LogP contribution in [0.1, 0.15) is 41.0 Å². The molecule has 2 aliphatic rings. The van der Waals surface area contributed by atoms with Gasteiger partial charge in [0.2, 0.25) is 0 Å². The first-order valence-corrected chi connectivity index (χ1v) is 7.29. The third-order valence-electron chi connectivity index (χ3n) is 4.60. The highest BCUT2D eigenvalue weighted by Gasteiger charge is 2.28. The lowest BCUT2D eigenvalue weighted by atomic mass is 9.71. The molecule has 19 heavy (non-hydrogen) atoms. The molecule has 0 nitrogen and oxygen atoms in total. The summed E-state index contributed by atoms with van der Waals surface area (Å²) in [5, 5.41) is 0. The molecule has 0 saturated heterocycles. The van der Waals surface area contributed by atoms with Crippen LogP contribution in [0.4, 0.5) is 0 Å². The van der Waals surface area contributed by atoms with E-state index < -0.39 is 0 Å². The number of hydrogen-bond acceptors (Lipinski definition) is 0. The number of aryl methyl sites for hydroxylation is 1. The van der Waals surface area contributed by atoms with Gasteiger partial charge >= 0.3 is 0 Å². The first-order chi connectivity index (χ1) is 9.43. The summed E-state index contributed by atoms with van der Waals surface area (Å²) in [6, 6.07) is 17.8. The molecule has 2 aromatic carbocycles. The minimum atomic E-state index is 0.635. The van der Waals surface area contributed by atoms with Crippen molar-refractivity contribution in [2.75, 3.05) is 0 Å². The number of hydrogen-bond donors (Lipinski definition) is 0. The molecule has 0 heteroatoms. The van der Waals surface area contributed by atoms with Crippen molar-refractivity contribution in [2.24, 2.45) is 0 Å². The van der Waals surface area contributed by atoms with E-state index in [1.54, 1.807) is 22.3 Å². The Morgan fingerprint density at radius 2 is 1.68 bits per heavy atom. The highest BCUT2D eigenvalue weighted by molar-refractivity contribution is 5.75. The summed E-state index contributed by atoms with van der Waals surface area (Å²) < 4.78 is 0. The monoisotopic (exact) mass is 246 g/mol. The molecule has 0 radical (unpaired) electrons. The molecular weight excluding hydrogens is 228 g/mol. The summed E-state index contributed by atoms with van der Waals surface area (Å²) >= 11 is 0. The van der Waals surface area contributed by atoms with Crippen molar-refractivity contribution in [3.8, 4) is 0 Å². The summed E-state index contributed by atoms with van der Waals surface area (Å²) in [5.74, 6) is 0.635. The second-order valence-electron chi connectivity index (χ2n) is 5.66. The Bertz CT molecular complexity index is 634. The van der Waals surface area contributed by atoms with E-state index in [2.05, 4.69) is 54.6 Å². The average molecular weight is 246 g/mol. The lowest BCUT2D eigenvalue weighted by Gasteiger charge is -2.33. The molecular formula is C19H18. The standard InChI is InChI=1S/C19H18/c1-2-6-14(7-3-1)17-13-12-16-9-4-8-15-10-5-11-18(17)19(15)16/h1-4,6-9,13,18H,5,10-12H2. The quantitative estimate of drug-likeness (QED) is 0.681. The van der Waals surface area contributed by atoms with Crippen LogP contribution in [0.15, 0.2) is 54.6 Å². The fraction of sp³-hybridized carbons (Fsp3) is 0.263. The van der Waals surface area contributed by atoms with E-state index >= 15 is 0 Å². The van der Waals surface area contributed by atoms with Gasteiger partial charge in [-0.05, 0) is 53.5 Å². The van der Waals surface area contributed by atoms with E-state index in [0.717, 1.165) is 6.42 Å². The predicted molar refractivity (Wildman–Crippen MR) is 80.2 cm³/mol. The highest BCUT2D eigenvalue weighted by atomic mass is 14.3. The fourth-order valence-corrected chi connectivity index (χ4v) is 3.77. The summed E-state index contributed by atoms with van der Waals surface area (Å²) in [6.07, 6.45) is 7.46. The van der Waals surface area contributed by atoms with Gasteiger partial charge in [0.25, 0.3) is 0 Å². The fourth-order valence-electron chi connectivity index (χ4n) is 3.77. The van der Waals surface area contributed by atoms with Gasteiger partial charge in [0.1, 0.15) is 0 Å². The van der Waals surface area contributed by atoms with Gasteiger partial charge in [-0.15, -0.1) is 0 Å². The Morgan fingerprint density at radius 1 is 0.842 bits per heavy atom. The molecule has 2 aromatic rings. The van der Waals surface area contributed by atoms with E-state index in [9.17, 15) is 0 Å². The maximum Gasteiger partial charge on any atom is 0.00979 e. The van der Waals surface area contributed by atoms with Gasteiger partial charge < -0.3 is 0 Å². The Kier molecular flexibility index (Phi) is 2.55. The summed E-state index contributed by atoms with van der Waals surface area (Å²) in [7, 11) is 0. The molecule has 94 valence electrons. The predicted octanol–water partition coefficient (Wildman–Crippen LogP) is 4.75. The Morgan fingerprint density at radius 3 is 2.58 bits per heavy atom. The molecule has 0 spiro atoms. The summed E-state index contributed by atoms with van der Waals surface area (Å²) in [6.45, 7) is 0. The van der Waals surface area contributed by atoms with E-state index in [1.165, 1.54) is 24.8 Å². The van der Waals surface area contributed by atoms with Crippen LogP contribution in [0, 0.1) is 0 Å². The first-order valence-electron chi connectivity index (χ1n) is 7.29. The van der Waals surface area contributed by atoms with Crippen molar-refractivity contribution in [3.05, 3.63) is 76.9 Å². The van der Waals surface area contributed by atoms with Crippen molar-refractivity contribution >= 4 is 5.57 Å². The van der Waals surface area contributed by atoms with Crippen molar-refractivity contribution in [1.82, 2.24) is 0 Å². The number of allylic oxidation sites excluding steroid dienone is 2. The maximum atomic E-state index is 2.46. The van der Waals surface area contributed by atoms with Crippen LogP contribution in [0.2, 0.25) is 0 Å². The van der Waals surface area contributed by atoms with Crippen molar-refractivity contribution in [3.63, 3.8) is 0 Å². The SMILES string of the molecule is C1=C(c2ccccc2)C2CCCc3cccc(c32)C1. The Hall–Kier alpha value is -1.82. The molecule has 2 aliphatic carbocycles. The van der Waals surface area contributed by atoms with Gasteiger partial charge in [-0.25, -0.2) is 0 Å². The molecule has 1 unspecified atom stereocenters. The molecule has 4 rings (SSSR count). The lowest BCUT2D eigenvalue weighted by Crippen LogP contribution is -2.17. The molecule has 0 aliphatic heterocycles. The van der Waals surface area contributed by atoms with Crippen LogP contribution in [0.3, 0.4) is 0 Å². The summed E-state index contributed by atoms with van der Waals surface area (Å²) in [5.41, 5.74) is 7.77. The highest BCUT2D eigenvalue weighted by Crippen LogP contribution is 2.45. The zero-order valence-corrected chi connectivity index (χ0v) is 11.1. The molecule has 0 amide bonds. The lowest BCUT2D eigenvalue weighted by molar-refractivity contribution is 0.628. The van der Waals surface area contributed by atoms with E-state index in [0.29, 0.717) is 5.92 Å². The maximum absolute atomic E-state index is 2.46. The molecule has 0 heterocycles. The third kappa shape index (κ3) is 1.74. The molecule has 0 fully saturated rings. The summed E-state index contributed by atoms with van der Waals surface area (Å²) in [4.78, 5) is 0. The van der Waals surface area contributed by atoms with Crippen LogP contribution >= 0.6 is 0 Å². The zero-order chi connectivity index (χ0) is 12.7. The molecule has 0 bridgehead atoms. The Balaban J connectivity index is 1.85. The van der Waals surface area contributed by atoms with Gasteiger partial charge in [0.15, 0.2) is 0 Å². The smallest absolute Gasteiger partial charge is 0.00979 e. The van der Waals surface area contributed by atoms with Gasteiger partial charge in [-0.2, -0.15) is 0 Å². The number of rotatable bonds is 1. The molecule has 0 N–H and O–H groups in total. The third-order valence-corrected chi connectivity index (χ3v) is 4.60. The van der Waals surface area contributed by atoms with Gasteiger partial charge in [0, 0.05) is 5.92 Å². The van der Waals surface area contributed by atoms with Crippen LogP contribution in [-0.2, 0) is 12.8 Å². The minimum Gasteiger partial charge on any atom is -0.0757 e. The van der Waals surface area contributed by atoms with Crippen molar-refractivity contribution < 1.29 is 0 Å². The second-order valence-corrected chi connectivity index (χ2v) is 5.66. The topological polar surface area (TPSA) is 0 Å². The van der Waals surface area contributed by atoms with Crippen LogP contribution < -0.4 is 0 Å². The second kappa shape index (κ2) is 4.38. The molecule has 1 atom stereocenters. The van der Waals surface area contributed by atoms with Gasteiger partial charge in [0.05, 0.1) is 0 Å². The minimum absolute atomic E-state index is 0.635. The van der Waals surface area contributed by atoms with E-state index in [1.807, 2.05) is 0 Å². The van der Waals surface area contributed by atoms with Crippen LogP contribution in [0.5, 0.6) is 0 Å². The van der Waals surface area contributed by atoms with Crippen LogP contribution in [0.25, 0.3) is 5.57 Å². The average Bonchev–Trinajstić information content (AvgIpc) is 2.49. The van der Waals surface area contributed by atoms with E-state index in [4.69, 9.17) is 0 Å². The van der Waals surface area contributed by atoms with Crippen molar-refractivity contribution in [2.45, 2.75) is 31.6 Å². The Labute approximate surface area is 114 Å². The van der Waals surface area contributed by atoms with Gasteiger partial charge in [-0.1, -0.05) is 54.6 Å². The van der Waals surface area contributed by atoms with E-state index in [-0.39, 0.29) is 0 Å². The first kappa shape index (κ1) is 11.0. The van der Waals surface area contributed by atoms with Gasteiger partial charge in [-0.3, -0.25) is 0 Å². The normalized spacial score (nSPS) is 20.6. The number of benzene rings is 2. The molecule has 0 saturated carbocycles. The zero-order valence-electron chi connectivity index (χ0n) is 11.1.